The predicted molar refractivity (Wildman–Crippen MR) is 101 cm³/mol. The molecule has 0 aliphatic carbocycles. The third-order valence-corrected chi connectivity index (χ3v) is 4.35. The van der Waals surface area contributed by atoms with Crippen molar-refractivity contribution in [3.8, 4) is 17.2 Å². The van der Waals surface area contributed by atoms with Gasteiger partial charge in [-0.15, -0.1) is 0 Å². The number of rotatable bonds is 10. The van der Waals surface area contributed by atoms with Crippen LogP contribution in [0.1, 0.15) is 63.5 Å². The van der Waals surface area contributed by atoms with E-state index in [-0.39, 0.29) is 5.75 Å². The SMILES string of the molecule is CCCCCCCc1c(CCC)ccc(O)c1Oc1ccccc1. The minimum Gasteiger partial charge on any atom is -0.504 e. The van der Waals surface area contributed by atoms with Crippen LogP contribution >= 0.6 is 0 Å². The van der Waals surface area contributed by atoms with Crippen molar-refractivity contribution in [3.05, 3.63) is 53.6 Å². The average Bonchev–Trinajstić information content (AvgIpc) is 2.60. The highest BCUT2D eigenvalue weighted by molar-refractivity contribution is 5.52. The summed E-state index contributed by atoms with van der Waals surface area (Å²) in [6.45, 7) is 4.43. The van der Waals surface area contributed by atoms with Crippen molar-refractivity contribution >= 4 is 0 Å². The van der Waals surface area contributed by atoms with Gasteiger partial charge in [0.15, 0.2) is 11.5 Å². The Kier molecular flexibility index (Phi) is 7.67. The van der Waals surface area contributed by atoms with Gasteiger partial charge >= 0.3 is 0 Å². The fraction of sp³-hybridized carbons (Fsp3) is 0.455. The minimum absolute atomic E-state index is 0.238. The molecule has 0 aromatic heterocycles. The molecule has 2 rings (SSSR count). The highest BCUT2D eigenvalue weighted by Gasteiger charge is 2.15. The van der Waals surface area contributed by atoms with Crippen LogP contribution in [0, 0.1) is 0 Å². The summed E-state index contributed by atoms with van der Waals surface area (Å²) in [5.41, 5.74) is 2.48. The van der Waals surface area contributed by atoms with Crippen molar-refractivity contribution in [2.45, 2.75) is 65.2 Å². The molecule has 0 fully saturated rings. The fourth-order valence-corrected chi connectivity index (χ4v) is 3.06. The van der Waals surface area contributed by atoms with E-state index in [0.717, 1.165) is 31.4 Å². The van der Waals surface area contributed by atoms with E-state index < -0.39 is 0 Å². The molecular weight excluding hydrogens is 296 g/mol. The predicted octanol–water partition coefficient (Wildman–Crippen LogP) is 6.65. The Labute approximate surface area is 146 Å². The highest BCUT2D eigenvalue weighted by atomic mass is 16.5. The topological polar surface area (TPSA) is 29.5 Å². The van der Waals surface area contributed by atoms with Gasteiger partial charge in [0.2, 0.25) is 0 Å². The summed E-state index contributed by atoms with van der Waals surface area (Å²) in [4.78, 5) is 0. The molecule has 0 atom stereocenters. The molecule has 1 N–H and O–H groups in total. The van der Waals surface area contributed by atoms with Crippen molar-refractivity contribution in [2.75, 3.05) is 0 Å². The summed E-state index contributed by atoms with van der Waals surface area (Å²) < 4.78 is 6.06. The Morgan fingerprint density at radius 2 is 1.54 bits per heavy atom. The van der Waals surface area contributed by atoms with Gasteiger partial charge in [0.05, 0.1) is 0 Å². The zero-order valence-electron chi connectivity index (χ0n) is 15.1. The summed E-state index contributed by atoms with van der Waals surface area (Å²) >= 11 is 0. The summed E-state index contributed by atoms with van der Waals surface area (Å²) in [6, 6.07) is 13.5. The van der Waals surface area contributed by atoms with Crippen LogP contribution in [0.2, 0.25) is 0 Å². The molecule has 0 aliphatic heterocycles. The van der Waals surface area contributed by atoms with E-state index in [1.807, 2.05) is 30.3 Å². The number of phenols is 1. The Balaban J connectivity index is 2.20. The molecule has 0 unspecified atom stereocenters. The number of hydrogen-bond acceptors (Lipinski definition) is 2. The number of aromatic hydroxyl groups is 1. The van der Waals surface area contributed by atoms with Crippen molar-refractivity contribution < 1.29 is 9.84 Å². The van der Waals surface area contributed by atoms with Crippen LogP contribution in [0.25, 0.3) is 0 Å². The maximum absolute atomic E-state index is 10.4. The maximum Gasteiger partial charge on any atom is 0.172 e. The van der Waals surface area contributed by atoms with E-state index in [1.54, 1.807) is 6.07 Å². The van der Waals surface area contributed by atoms with Crippen molar-refractivity contribution in [2.24, 2.45) is 0 Å². The molecule has 2 aromatic rings. The second kappa shape index (κ2) is 10.0. The van der Waals surface area contributed by atoms with Crippen LogP contribution < -0.4 is 4.74 Å². The summed E-state index contributed by atoms with van der Waals surface area (Å²) in [7, 11) is 0. The van der Waals surface area contributed by atoms with Gasteiger partial charge in [-0.3, -0.25) is 0 Å². The molecule has 130 valence electrons. The van der Waals surface area contributed by atoms with Gasteiger partial charge in [0.1, 0.15) is 5.75 Å². The summed E-state index contributed by atoms with van der Waals surface area (Å²) in [5.74, 6) is 1.65. The van der Waals surface area contributed by atoms with Gasteiger partial charge in [-0.05, 0) is 43.0 Å². The van der Waals surface area contributed by atoms with Crippen LogP contribution in [0.15, 0.2) is 42.5 Å². The lowest BCUT2D eigenvalue weighted by molar-refractivity contribution is 0.405. The molecule has 0 amide bonds. The van der Waals surface area contributed by atoms with E-state index in [9.17, 15) is 5.11 Å². The molecule has 2 nitrogen and oxygen atoms in total. The van der Waals surface area contributed by atoms with Crippen LogP contribution in [-0.2, 0) is 12.8 Å². The Morgan fingerprint density at radius 1 is 0.792 bits per heavy atom. The van der Waals surface area contributed by atoms with Crippen LogP contribution in [0.3, 0.4) is 0 Å². The minimum atomic E-state index is 0.238. The van der Waals surface area contributed by atoms with Crippen LogP contribution in [-0.4, -0.2) is 5.11 Å². The average molecular weight is 326 g/mol. The number of hydrogen-bond donors (Lipinski definition) is 1. The lowest BCUT2D eigenvalue weighted by Gasteiger charge is -2.17. The second-order valence-corrected chi connectivity index (χ2v) is 6.38. The Morgan fingerprint density at radius 3 is 2.25 bits per heavy atom. The largest absolute Gasteiger partial charge is 0.504 e. The summed E-state index contributed by atoms with van der Waals surface area (Å²) in [6.07, 6.45) is 9.31. The quantitative estimate of drug-likeness (QED) is 0.495. The Bertz CT molecular complexity index is 605. The van der Waals surface area contributed by atoms with E-state index >= 15 is 0 Å². The number of ether oxygens (including phenoxy) is 1. The van der Waals surface area contributed by atoms with Gasteiger partial charge in [0.25, 0.3) is 0 Å². The first-order valence-electron chi connectivity index (χ1n) is 9.32. The zero-order valence-corrected chi connectivity index (χ0v) is 15.1. The molecular formula is C22H30O2. The first-order valence-corrected chi connectivity index (χ1v) is 9.32. The fourth-order valence-electron chi connectivity index (χ4n) is 3.06. The molecule has 0 heterocycles. The zero-order chi connectivity index (χ0) is 17.2. The number of phenolic OH excluding ortho intramolecular Hbond substituents is 1. The molecule has 2 heteroatoms. The number of para-hydroxylation sites is 1. The van der Waals surface area contributed by atoms with E-state index in [4.69, 9.17) is 4.74 Å². The van der Waals surface area contributed by atoms with Gasteiger partial charge in [-0.25, -0.2) is 0 Å². The lowest BCUT2D eigenvalue weighted by Crippen LogP contribution is -1.99. The molecule has 0 bridgehead atoms. The second-order valence-electron chi connectivity index (χ2n) is 6.38. The smallest absolute Gasteiger partial charge is 0.172 e. The molecule has 2 aromatic carbocycles. The van der Waals surface area contributed by atoms with Gasteiger partial charge in [-0.1, -0.05) is 70.2 Å². The first kappa shape index (κ1) is 18.4. The molecule has 0 saturated carbocycles. The molecule has 24 heavy (non-hydrogen) atoms. The standard InChI is InChI=1S/C22H30O2/c1-3-5-6-7-11-15-20-18(12-4-2)16-17-21(23)22(20)24-19-13-9-8-10-14-19/h8-10,13-14,16-17,23H,3-7,11-12,15H2,1-2H3. The monoisotopic (exact) mass is 326 g/mol. The van der Waals surface area contributed by atoms with E-state index in [1.165, 1.54) is 36.8 Å². The van der Waals surface area contributed by atoms with Gasteiger partial charge in [0, 0.05) is 5.56 Å². The van der Waals surface area contributed by atoms with Crippen molar-refractivity contribution in [1.82, 2.24) is 0 Å². The number of aryl methyl sites for hydroxylation is 1. The third-order valence-electron chi connectivity index (χ3n) is 4.35. The molecule has 0 aliphatic rings. The van der Waals surface area contributed by atoms with E-state index in [0.29, 0.717) is 5.75 Å². The van der Waals surface area contributed by atoms with Crippen molar-refractivity contribution in [3.63, 3.8) is 0 Å². The molecule has 0 spiro atoms. The third kappa shape index (κ3) is 5.30. The normalized spacial score (nSPS) is 10.8. The molecule has 0 radical (unpaired) electrons. The highest BCUT2D eigenvalue weighted by Crippen LogP contribution is 2.37. The number of unbranched alkanes of at least 4 members (excludes halogenated alkanes) is 4. The summed E-state index contributed by atoms with van der Waals surface area (Å²) in [5, 5.41) is 10.4. The van der Waals surface area contributed by atoms with Crippen LogP contribution in [0.5, 0.6) is 17.2 Å². The first-order chi connectivity index (χ1) is 11.8. The maximum atomic E-state index is 10.4. The van der Waals surface area contributed by atoms with Gasteiger partial charge in [-0.2, -0.15) is 0 Å². The van der Waals surface area contributed by atoms with Crippen LogP contribution in [0.4, 0.5) is 0 Å². The van der Waals surface area contributed by atoms with E-state index in [2.05, 4.69) is 19.9 Å². The number of benzene rings is 2. The van der Waals surface area contributed by atoms with Crippen molar-refractivity contribution in [1.29, 1.82) is 0 Å². The Hall–Kier alpha value is -1.96. The lowest BCUT2D eigenvalue weighted by atomic mass is 9.96. The van der Waals surface area contributed by atoms with Gasteiger partial charge < -0.3 is 9.84 Å². The molecule has 0 saturated heterocycles.